The third-order valence-electron chi connectivity index (χ3n) is 2.80. The van der Waals surface area contributed by atoms with E-state index in [2.05, 4.69) is 4.74 Å². The van der Waals surface area contributed by atoms with E-state index in [4.69, 9.17) is 20.7 Å². The number of rotatable bonds is 7. The van der Waals surface area contributed by atoms with Gasteiger partial charge >= 0.3 is 17.9 Å². The molecule has 0 saturated carbocycles. The van der Waals surface area contributed by atoms with Crippen molar-refractivity contribution in [2.75, 3.05) is 6.61 Å². The molecule has 0 spiro atoms. The van der Waals surface area contributed by atoms with Gasteiger partial charge in [-0.15, -0.1) is 0 Å². The minimum absolute atomic E-state index is 0.225. The molecule has 1 unspecified atom stereocenters. The number of carboxylic acids is 1. The van der Waals surface area contributed by atoms with Gasteiger partial charge in [0.25, 0.3) is 5.78 Å². The van der Waals surface area contributed by atoms with Crippen LogP contribution in [0.1, 0.15) is 12.8 Å². The molecule has 1 saturated heterocycles. The molecule has 1 heterocycles. The number of carboxylic acid groups (broad SMARTS) is 1. The van der Waals surface area contributed by atoms with Crippen LogP contribution in [0.2, 0.25) is 0 Å². The predicted molar refractivity (Wildman–Crippen MR) is 62.7 cm³/mol. The molecule has 0 bridgehead atoms. The molecule has 0 aliphatic carbocycles. The second-order valence-electron chi connectivity index (χ2n) is 4.38. The SMILES string of the molecule is N[C@@H](CCC(=O)OC1C(=O)C(=O)O[C@@H]1[C@@H](O)CO)C(=O)O. The first-order chi connectivity index (χ1) is 9.77. The van der Waals surface area contributed by atoms with Gasteiger partial charge < -0.3 is 30.5 Å². The Morgan fingerprint density at radius 1 is 1.38 bits per heavy atom. The summed E-state index contributed by atoms with van der Waals surface area (Å²) in [6, 6.07) is -1.27. The van der Waals surface area contributed by atoms with Gasteiger partial charge in [0, 0.05) is 6.42 Å². The van der Waals surface area contributed by atoms with Crippen LogP contribution in [0.5, 0.6) is 0 Å². The molecule has 21 heavy (non-hydrogen) atoms. The molecule has 1 aliphatic rings. The number of aliphatic hydroxyl groups is 2. The monoisotopic (exact) mass is 305 g/mol. The lowest BCUT2D eigenvalue weighted by atomic mass is 10.1. The molecule has 1 rings (SSSR count). The second-order valence-corrected chi connectivity index (χ2v) is 4.38. The van der Waals surface area contributed by atoms with Crippen molar-refractivity contribution < 1.29 is 44.0 Å². The van der Waals surface area contributed by atoms with E-state index in [1.165, 1.54) is 0 Å². The van der Waals surface area contributed by atoms with Gasteiger partial charge in [0.2, 0.25) is 6.10 Å². The summed E-state index contributed by atoms with van der Waals surface area (Å²) in [5, 5.41) is 26.7. The number of aliphatic carboxylic acids is 1. The summed E-state index contributed by atoms with van der Waals surface area (Å²) in [6.45, 7) is -0.802. The van der Waals surface area contributed by atoms with Crippen LogP contribution in [0, 0.1) is 0 Å². The van der Waals surface area contributed by atoms with Crippen LogP contribution in [0.3, 0.4) is 0 Å². The largest absolute Gasteiger partial charge is 0.480 e. The number of ketones is 1. The topological polar surface area (TPSA) is 173 Å². The Labute approximate surface area is 118 Å². The number of cyclic esters (lactones) is 1. The van der Waals surface area contributed by atoms with Crippen LogP contribution in [0.4, 0.5) is 0 Å². The number of hydrogen-bond donors (Lipinski definition) is 4. The summed E-state index contributed by atoms with van der Waals surface area (Å²) in [5.41, 5.74) is 5.19. The van der Waals surface area contributed by atoms with Crippen LogP contribution < -0.4 is 5.73 Å². The molecular formula is C11H15NO9. The van der Waals surface area contributed by atoms with Crippen molar-refractivity contribution in [1.29, 1.82) is 0 Å². The fraction of sp³-hybridized carbons (Fsp3) is 0.636. The van der Waals surface area contributed by atoms with E-state index in [0.717, 1.165) is 0 Å². The summed E-state index contributed by atoms with van der Waals surface area (Å²) in [6.07, 6.45) is -5.37. The van der Waals surface area contributed by atoms with E-state index in [9.17, 15) is 24.3 Å². The van der Waals surface area contributed by atoms with Gasteiger partial charge in [0.1, 0.15) is 12.1 Å². The zero-order chi connectivity index (χ0) is 16.2. The summed E-state index contributed by atoms with van der Waals surface area (Å²) < 4.78 is 9.21. The van der Waals surface area contributed by atoms with Crippen molar-refractivity contribution >= 4 is 23.7 Å². The third kappa shape index (κ3) is 4.21. The third-order valence-corrected chi connectivity index (χ3v) is 2.80. The maximum Gasteiger partial charge on any atom is 0.379 e. The Morgan fingerprint density at radius 2 is 2.00 bits per heavy atom. The van der Waals surface area contributed by atoms with Crippen LogP contribution in [-0.2, 0) is 28.7 Å². The van der Waals surface area contributed by atoms with Crippen LogP contribution in [0.25, 0.3) is 0 Å². The van der Waals surface area contributed by atoms with Gasteiger partial charge in [0.05, 0.1) is 6.61 Å². The Balaban J connectivity index is 2.61. The van der Waals surface area contributed by atoms with Gasteiger partial charge in [-0.05, 0) is 6.42 Å². The standard InChI is InChI=1S/C11H15NO9/c12-4(10(17)18)1-2-6(15)20-9-7(16)11(19)21-8(9)5(14)3-13/h4-5,8-9,13-14H,1-3,12H2,(H,17,18)/t4-,5-,8+,9?/m0/s1. The van der Waals surface area contributed by atoms with Crippen molar-refractivity contribution in [3.63, 3.8) is 0 Å². The molecule has 1 fully saturated rings. The first kappa shape index (κ1) is 17.0. The molecule has 0 aromatic carbocycles. The van der Waals surface area contributed by atoms with Crippen LogP contribution >= 0.6 is 0 Å². The Kier molecular flexibility index (Phi) is 5.76. The predicted octanol–water partition coefficient (Wildman–Crippen LogP) is -3.06. The van der Waals surface area contributed by atoms with E-state index in [1.807, 2.05) is 0 Å². The normalized spacial score (nSPS) is 24.3. The fourth-order valence-corrected chi connectivity index (χ4v) is 1.61. The van der Waals surface area contributed by atoms with E-state index >= 15 is 0 Å². The van der Waals surface area contributed by atoms with E-state index in [-0.39, 0.29) is 6.42 Å². The quantitative estimate of drug-likeness (QED) is 0.279. The van der Waals surface area contributed by atoms with Crippen LogP contribution in [0.15, 0.2) is 0 Å². The zero-order valence-electron chi connectivity index (χ0n) is 10.8. The molecule has 1 aliphatic heterocycles. The van der Waals surface area contributed by atoms with E-state index < -0.39 is 61.1 Å². The number of esters is 2. The highest BCUT2D eigenvalue weighted by molar-refractivity contribution is 6.37. The number of ether oxygens (including phenoxy) is 2. The van der Waals surface area contributed by atoms with Crippen molar-refractivity contribution in [1.82, 2.24) is 0 Å². The van der Waals surface area contributed by atoms with Gasteiger partial charge in [0.15, 0.2) is 6.10 Å². The molecule has 10 heteroatoms. The molecule has 0 radical (unpaired) electrons. The number of carbonyl (C=O) groups is 4. The minimum atomic E-state index is -1.67. The van der Waals surface area contributed by atoms with E-state index in [0.29, 0.717) is 0 Å². The molecule has 0 aromatic heterocycles. The van der Waals surface area contributed by atoms with Crippen LogP contribution in [-0.4, -0.2) is 70.0 Å². The number of Topliss-reactive ketones (excluding diaryl/α,β-unsaturated/α-hetero) is 1. The van der Waals surface area contributed by atoms with Gasteiger partial charge in [-0.25, -0.2) is 4.79 Å². The zero-order valence-corrected chi connectivity index (χ0v) is 10.8. The Hall–Kier alpha value is -2.04. The van der Waals surface area contributed by atoms with Gasteiger partial charge in [-0.2, -0.15) is 0 Å². The van der Waals surface area contributed by atoms with Crippen molar-refractivity contribution in [3.05, 3.63) is 0 Å². The maximum absolute atomic E-state index is 11.5. The smallest absolute Gasteiger partial charge is 0.379 e. The Morgan fingerprint density at radius 3 is 2.52 bits per heavy atom. The second kappa shape index (κ2) is 7.11. The molecule has 10 nitrogen and oxygen atoms in total. The highest BCUT2D eigenvalue weighted by atomic mass is 16.6. The number of nitrogens with two attached hydrogens (primary N) is 1. The molecule has 4 atom stereocenters. The van der Waals surface area contributed by atoms with E-state index in [1.54, 1.807) is 0 Å². The lowest BCUT2D eigenvalue weighted by Crippen LogP contribution is -2.42. The molecular weight excluding hydrogens is 290 g/mol. The highest BCUT2D eigenvalue weighted by Gasteiger charge is 2.49. The summed E-state index contributed by atoms with van der Waals surface area (Å²) in [4.78, 5) is 44.5. The summed E-state index contributed by atoms with van der Waals surface area (Å²) in [5.74, 6) is -4.72. The first-order valence-corrected chi connectivity index (χ1v) is 5.99. The van der Waals surface area contributed by atoms with Crippen molar-refractivity contribution in [2.45, 2.75) is 37.2 Å². The maximum atomic E-state index is 11.5. The number of carbonyl (C=O) groups excluding carboxylic acids is 3. The van der Waals surface area contributed by atoms with Gasteiger partial charge in [-0.3, -0.25) is 14.4 Å². The highest BCUT2D eigenvalue weighted by Crippen LogP contribution is 2.19. The van der Waals surface area contributed by atoms with Gasteiger partial charge in [-0.1, -0.05) is 0 Å². The summed E-state index contributed by atoms with van der Waals surface area (Å²) >= 11 is 0. The average molecular weight is 305 g/mol. The number of aliphatic hydroxyl groups excluding tert-OH is 2. The Bertz CT molecular complexity index is 449. The average Bonchev–Trinajstić information content (AvgIpc) is 2.72. The lowest BCUT2D eigenvalue weighted by molar-refractivity contribution is -0.161. The lowest BCUT2D eigenvalue weighted by Gasteiger charge is -2.20. The summed E-state index contributed by atoms with van der Waals surface area (Å²) in [7, 11) is 0. The van der Waals surface area contributed by atoms with Crippen molar-refractivity contribution in [2.24, 2.45) is 5.73 Å². The molecule has 0 aromatic rings. The molecule has 0 amide bonds. The molecule has 5 N–H and O–H groups in total. The molecule has 118 valence electrons. The minimum Gasteiger partial charge on any atom is -0.480 e. The number of hydrogen-bond acceptors (Lipinski definition) is 9. The fourth-order valence-electron chi connectivity index (χ4n) is 1.61. The van der Waals surface area contributed by atoms with Crippen molar-refractivity contribution in [3.8, 4) is 0 Å². The first-order valence-electron chi connectivity index (χ1n) is 5.99.